The summed E-state index contributed by atoms with van der Waals surface area (Å²) >= 11 is 1.51. The SMILES string of the molecule is Cc1ccccc1C(=O)N/C(=C\c1cccs1)C(=O)NCc1ccccc1CN1CCOCC1. The molecule has 0 bridgehead atoms. The molecule has 0 saturated carbocycles. The van der Waals surface area contributed by atoms with Gasteiger partial charge in [-0.2, -0.15) is 0 Å². The van der Waals surface area contributed by atoms with E-state index in [9.17, 15) is 9.59 Å². The lowest BCUT2D eigenvalue weighted by Crippen LogP contribution is -2.36. The summed E-state index contributed by atoms with van der Waals surface area (Å²) in [5.41, 5.74) is 3.86. The zero-order valence-electron chi connectivity index (χ0n) is 19.3. The maximum atomic E-state index is 13.2. The Hall–Kier alpha value is -3.26. The normalized spacial score (nSPS) is 14.6. The molecule has 0 unspecified atom stereocenters. The first kappa shape index (κ1) is 23.9. The van der Waals surface area contributed by atoms with Crippen LogP contribution in [0.1, 0.15) is 31.9 Å². The average Bonchev–Trinajstić information content (AvgIpc) is 3.37. The second kappa shape index (κ2) is 11.7. The lowest BCUT2D eigenvalue weighted by Gasteiger charge is -2.27. The fraction of sp³-hybridized carbons (Fsp3) is 0.259. The first-order valence-electron chi connectivity index (χ1n) is 11.4. The standard InChI is InChI=1S/C27H29N3O3S/c1-20-7-2-5-11-24(20)26(31)29-25(17-23-10-6-16-34-23)27(32)28-18-21-8-3-4-9-22(21)19-30-12-14-33-15-13-30/h2-11,16-17H,12-15,18-19H2,1H3,(H,28,32)(H,29,31)/b25-17-. The Labute approximate surface area is 204 Å². The molecule has 3 aromatic rings. The monoisotopic (exact) mass is 475 g/mol. The van der Waals surface area contributed by atoms with Gasteiger partial charge in [0.05, 0.1) is 13.2 Å². The molecule has 2 aromatic carbocycles. The number of ether oxygens (including phenoxy) is 1. The van der Waals surface area contributed by atoms with Crippen molar-refractivity contribution in [2.45, 2.75) is 20.0 Å². The van der Waals surface area contributed by atoms with Gasteiger partial charge in [-0.15, -0.1) is 11.3 Å². The Balaban J connectivity index is 1.47. The molecule has 1 aromatic heterocycles. The Morgan fingerprint density at radius 1 is 1.00 bits per heavy atom. The Bertz CT molecular complexity index is 1150. The van der Waals surface area contributed by atoms with Crippen molar-refractivity contribution in [1.29, 1.82) is 0 Å². The van der Waals surface area contributed by atoms with E-state index in [0.29, 0.717) is 12.1 Å². The van der Waals surface area contributed by atoms with E-state index in [1.54, 1.807) is 12.1 Å². The number of carbonyl (C=O) groups excluding carboxylic acids is 2. The van der Waals surface area contributed by atoms with Crippen LogP contribution < -0.4 is 10.6 Å². The number of carbonyl (C=O) groups is 2. The number of aryl methyl sites for hydroxylation is 1. The molecule has 1 aliphatic heterocycles. The van der Waals surface area contributed by atoms with Crippen molar-refractivity contribution in [2.75, 3.05) is 26.3 Å². The molecule has 0 aliphatic carbocycles. The highest BCUT2D eigenvalue weighted by Crippen LogP contribution is 2.16. The zero-order chi connectivity index (χ0) is 23.8. The van der Waals surface area contributed by atoms with Crippen LogP contribution in [-0.2, 0) is 22.6 Å². The molecule has 2 heterocycles. The Kier molecular flexibility index (Phi) is 8.25. The van der Waals surface area contributed by atoms with Crippen molar-refractivity contribution in [3.63, 3.8) is 0 Å². The molecule has 2 N–H and O–H groups in total. The van der Waals surface area contributed by atoms with Gasteiger partial charge in [-0.3, -0.25) is 14.5 Å². The number of thiophene rings is 1. The molecule has 0 atom stereocenters. The van der Waals surface area contributed by atoms with E-state index in [1.807, 2.05) is 60.8 Å². The summed E-state index contributed by atoms with van der Waals surface area (Å²) in [7, 11) is 0. The Morgan fingerprint density at radius 3 is 2.47 bits per heavy atom. The van der Waals surface area contributed by atoms with E-state index in [-0.39, 0.29) is 17.5 Å². The largest absolute Gasteiger partial charge is 0.379 e. The van der Waals surface area contributed by atoms with Crippen LogP contribution in [0.5, 0.6) is 0 Å². The summed E-state index contributed by atoms with van der Waals surface area (Å²) in [6, 6.07) is 19.3. The summed E-state index contributed by atoms with van der Waals surface area (Å²) in [6.45, 7) is 6.37. The number of morpholine rings is 1. The summed E-state index contributed by atoms with van der Waals surface area (Å²) < 4.78 is 5.45. The molecule has 6 nitrogen and oxygen atoms in total. The molecule has 2 amide bonds. The minimum atomic E-state index is -0.323. The van der Waals surface area contributed by atoms with Gasteiger partial charge in [0.25, 0.3) is 11.8 Å². The van der Waals surface area contributed by atoms with E-state index < -0.39 is 0 Å². The van der Waals surface area contributed by atoms with Gasteiger partial charge < -0.3 is 15.4 Å². The predicted molar refractivity (Wildman–Crippen MR) is 135 cm³/mol. The first-order valence-corrected chi connectivity index (χ1v) is 12.3. The van der Waals surface area contributed by atoms with Crippen molar-refractivity contribution in [2.24, 2.45) is 0 Å². The van der Waals surface area contributed by atoms with Gasteiger partial charge in [0.15, 0.2) is 0 Å². The van der Waals surface area contributed by atoms with Crippen molar-refractivity contribution < 1.29 is 14.3 Å². The fourth-order valence-corrected chi connectivity index (χ4v) is 4.50. The van der Waals surface area contributed by atoms with Gasteiger partial charge in [0.2, 0.25) is 0 Å². The van der Waals surface area contributed by atoms with Crippen LogP contribution in [0.15, 0.2) is 71.7 Å². The van der Waals surface area contributed by atoms with Gasteiger partial charge >= 0.3 is 0 Å². The lowest BCUT2D eigenvalue weighted by atomic mass is 10.1. The van der Waals surface area contributed by atoms with Crippen LogP contribution in [0.3, 0.4) is 0 Å². The average molecular weight is 476 g/mol. The van der Waals surface area contributed by atoms with E-state index in [2.05, 4.69) is 21.6 Å². The quantitative estimate of drug-likeness (QED) is 0.484. The number of rotatable bonds is 8. The molecule has 1 aliphatic rings. The van der Waals surface area contributed by atoms with Gasteiger partial charge in [-0.1, -0.05) is 48.5 Å². The van der Waals surface area contributed by atoms with Crippen LogP contribution in [0, 0.1) is 6.92 Å². The van der Waals surface area contributed by atoms with Crippen LogP contribution in [0.25, 0.3) is 6.08 Å². The summed E-state index contributed by atoms with van der Waals surface area (Å²) in [4.78, 5) is 29.3. The second-order valence-electron chi connectivity index (χ2n) is 8.18. The van der Waals surface area contributed by atoms with Crippen LogP contribution in [-0.4, -0.2) is 43.0 Å². The number of hydrogen-bond acceptors (Lipinski definition) is 5. The number of amides is 2. The number of hydrogen-bond donors (Lipinski definition) is 2. The minimum absolute atomic E-state index is 0.223. The van der Waals surface area contributed by atoms with Crippen LogP contribution in [0.2, 0.25) is 0 Å². The zero-order valence-corrected chi connectivity index (χ0v) is 20.1. The van der Waals surface area contributed by atoms with Gasteiger partial charge in [0, 0.05) is 36.6 Å². The lowest BCUT2D eigenvalue weighted by molar-refractivity contribution is -0.117. The molecular weight excluding hydrogens is 446 g/mol. The summed E-state index contributed by atoms with van der Waals surface area (Å²) in [5, 5.41) is 7.76. The highest BCUT2D eigenvalue weighted by molar-refractivity contribution is 7.10. The van der Waals surface area contributed by atoms with Crippen molar-refractivity contribution in [1.82, 2.24) is 15.5 Å². The smallest absolute Gasteiger partial charge is 0.268 e. The molecular formula is C27H29N3O3S. The highest BCUT2D eigenvalue weighted by atomic mass is 32.1. The highest BCUT2D eigenvalue weighted by Gasteiger charge is 2.17. The molecule has 0 spiro atoms. The topological polar surface area (TPSA) is 70.7 Å². The van der Waals surface area contributed by atoms with Gasteiger partial charge in [-0.05, 0) is 47.2 Å². The second-order valence-corrected chi connectivity index (χ2v) is 9.16. The molecule has 0 radical (unpaired) electrons. The van der Waals surface area contributed by atoms with Crippen LogP contribution >= 0.6 is 11.3 Å². The Morgan fingerprint density at radius 2 is 1.74 bits per heavy atom. The molecule has 7 heteroatoms. The predicted octanol–water partition coefficient (Wildman–Crippen LogP) is 3.98. The van der Waals surface area contributed by atoms with Gasteiger partial charge in [-0.25, -0.2) is 0 Å². The van der Waals surface area contributed by atoms with E-state index >= 15 is 0 Å². The number of nitrogens with one attached hydrogen (secondary N) is 2. The molecule has 34 heavy (non-hydrogen) atoms. The number of benzene rings is 2. The summed E-state index contributed by atoms with van der Waals surface area (Å²) in [5.74, 6) is -0.625. The van der Waals surface area contributed by atoms with Crippen molar-refractivity contribution in [3.05, 3.63) is 98.9 Å². The molecule has 4 rings (SSSR count). The third-order valence-corrected chi connectivity index (χ3v) is 6.59. The summed E-state index contributed by atoms with van der Waals surface area (Å²) in [6.07, 6.45) is 1.72. The minimum Gasteiger partial charge on any atom is -0.379 e. The maximum Gasteiger partial charge on any atom is 0.268 e. The fourth-order valence-electron chi connectivity index (χ4n) is 3.85. The maximum absolute atomic E-state index is 13.2. The van der Waals surface area contributed by atoms with Crippen LogP contribution in [0.4, 0.5) is 0 Å². The molecule has 1 fully saturated rings. The van der Waals surface area contributed by atoms with E-state index in [4.69, 9.17) is 4.74 Å². The van der Waals surface area contributed by atoms with Crippen molar-refractivity contribution in [3.8, 4) is 0 Å². The van der Waals surface area contributed by atoms with Crippen molar-refractivity contribution >= 4 is 29.2 Å². The molecule has 176 valence electrons. The first-order chi connectivity index (χ1) is 16.6. The van der Waals surface area contributed by atoms with Gasteiger partial charge in [0.1, 0.15) is 5.70 Å². The van der Waals surface area contributed by atoms with E-state index in [1.165, 1.54) is 16.9 Å². The van der Waals surface area contributed by atoms with E-state index in [0.717, 1.165) is 48.9 Å². The third kappa shape index (κ3) is 6.41. The third-order valence-electron chi connectivity index (χ3n) is 5.77. The molecule has 1 saturated heterocycles. The number of nitrogens with zero attached hydrogens (tertiary/aromatic N) is 1.